The summed E-state index contributed by atoms with van der Waals surface area (Å²) >= 11 is 6.96. The number of hydrogen-bond donors (Lipinski definition) is 4. The Morgan fingerprint density at radius 1 is 1.08 bits per heavy atom. The van der Waals surface area contributed by atoms with Crippen molar-refractivity contribution in [3.05, 3.63) is 40.2 Å². The van der Waals surface area contributed by atoms with Crippen LogP contribution in [0.4, 0.5) is 17.5 Å². The number of anilines is 3. The highest BCUT2D eigenvalue weighted by Gasteiger charge is 2.33. The zero-order chi connectivity index (χ0) is 27.1. The third kappa shape index (κ3) is 5.23. The number of aromatic nitrogens is 4. The van der Waals surface area contributed by atoms with Crippen molar-refractivity contribution in [2.24, 2.45) is 5.73 Å². The lowest BCUT2D eigenvalue weighted by atomic mass is 9.84. The Labute approximate surface area is 231 Å². The maximum Gasteiger partial charge on any atom is 0.247 e. The number of aliphatic hydroxyl groups excluding tert-OH is 1. The summed E-state index contributed by atoms with van der Waals surface area (Å²) in [5, 5.41) is 41.2. The third-order valence-corrected chi connectivity index (χ3v) is 8.62. The van der Waals surface area contributed by atoms with Gasteiger partial charge in [0, 0.05) is 18.1 Å². The van der Waals surface area contributed by atoms with E-state index in [9.17, 15) is 15.6 Å². The first-order valence-corrected chi connectivity index (χ1v) is 13.9. The molecule has 39 heavy (non-hydrogen) atoms. The molecule has 1 saturated heterocycles. The molecule has 11 nitrogen and oxygen atoms in total. The monoisotopic (exact) mass is 546 g/mol. The van der Waals surface area contributed by atoms with Crippen LogP contribution in [0.25, 0.3) is 5.65 Å². The maximum absolute atomic E-state index is 10.3. The molecule has 3 aromatic rings. The first kappa shape index (κ1) is 25.8. The predicted molar refractivity (Wildman–Crippen MR) is 147 cm³/mol. The third-order valence-electron chi connectivity index (χ3n) is 8.20. The predicted octanol–water partition coefficient (Wildman–Crippen LogP) is 3.26. The van der Waals surface area contributed by atoms with Gasteiger partial charge in [-0.25, -0.2) is 4.98 Å². The second-order valence-electron chi connectivity index (χ2n) is 10.9. The number of fused-ring (bicyclic) bond motifs is 1. The highest BCUT2D eigenvalue weighted by atomic mass is 35.5. The zero-order valence-electron chi connectivity index (χ0n) is 21.5. The van der Waals surface area contributed by atoms with Gasteiger partial charge in [0.2, 0.25) is 5.95 Å². The molecule has 6 rings (SSSR count). The Bertz CT molecular complexity index is 1460. The second kappa shape index (κ2) is 10.6. The molecular formula is C27H31ClN10O. The molecule has 1 unspecified atom stereocenters. The number of likely N-dealkylation sites (tertiary alicyclic amines) is 1. The largest absolute Gasteiger partial charge is 0.391 e. The quantitative estimate of drug-likeness (QED) is 0.360. The van der Waals surface area contributed by atoms with Crippen molar-refractivity contribution in [3.8, 4) is 12.1 Å². The molecule has 5 N–H and O–H groups in total. The minimum Gasteiger partial charge on any atom is -0.391 e. The van der Waals surface area contributed by atoms with E-state index in [0.29, 0.717) is 45.5 Å². The highest BCUT2D eigenvalue weighted by molar-refractivity contribution is 6.34. The zero-order valence-corrected chi connectivity index (χ0v) is 22.3. The van der Waals surface area contributed by atoms with Crippen molar-refractivity contribution in [1.82, 2.24) is 24.5 Å². The fraction of sp³-hybridized carbons (Fsp3) is 0.519. The number of piperidine rings is 1. The lowest BCUT2D eigenvalue weighted by Gasteiger charge is -2.42. The SMILES string of the molecule is N#Cc1cc(Nc2nc(NC3CC3)c3ncc(C#N)n3n2)c(Cl)c(C2CCN(C3CC[C@@H](N)[C@H](O)C3)CC2)c1. The Morgan fingerprint density at radius 3 is 2.56 bits per heavy atom. The van der Waals surface area contributed by atoms with Gasteiger partial charge < -0.3 is 26.4 Å². The Morgan fingerprint density at radius 2 is 1.87 bits per heavy atom. The Hall–Kier alpha value is -3.48. The van der Waals surface area contributed by atoms with Crippen LogP contribution in [0.5, 0.6) is 0 Å². The molecule has 1 aliphatic heterocycles. The fourth-order valence-electron chi connectivity index (χ4n) is 5.80. The molecule has 0 spiro atoms. The molecule has 202 valence electrons. The van der Waals surface area contributed by atoms with Crippen LogP contribution >= 0.6 is 11.6 Å². The molecule has 0 radical (unpaired) electrons. The molecular weight excluding hydrogens is 516 g/mol. The Kier molecular flexibility index (Phi) is 7.00. The van der Waals surface area contributed by atoms with E-state index in [-0.39, 0.29) is 17.9 Å². The lowest BCUT2D eigenvalue weighted by Crippen LogP contribution is -2.49. The van der Waals surface area contributed by atoms with Crippen molar-refractivity contribution in [2.75, 3.05) is 23.7 Å². The van der Waals surface area contributed by atoms with Gasteiger partial charge in [0.25, 0.3) is 0 Å². The van der Waals surface area contributed by atoms with Gasteiger partial charge in [0.05, 0.1) is 34.6 Å². The first-order chi connectivity index (χ1) is 18.9. The highest BCUT2D eigenvalue weighted by Crippen LogP contribution is 2.40. The normalized spacial score (nSPS) is 24.3. The van der Waals surface area contributed by atoms with Gasteiger partial charge in [-0.3, -0.25) is 0 Å². The second-order valence-corrected chi connectivity index (χ2v) is 11.2. The van der Waals surface area contributed by atoms with Crippen LogP contribution in [-0.4, -0.2) is 66.9 Å². The van der Waals surface area contributed by atoms with Crippen molar-refractivity contribution in [3.63, 3.8) is 0 Å². The molecule has 0 bridgehead atoms. The number of nitrogens with two attached hydrogens (primary N) is 1. The molecule has 3 atom stereocenters. The maximum atomic E-state index is 10.3. The van der Waals surface area contributed by atoms with Crippen LogP contribution < -0.4 is 16.4 Å². The number of hydrogen-bond acceptors (Lipinski definition) is 10. The minimum atomic E-state index is -0.440. The summed E-state index contributed by atoms with van der Waals surface area (Å²) in [4.78, 5) is 11.4. The molecule has 2 aliphatic carbocycles. The van der Waals surface area contributed by atoms with Gasteiger partial charge in [0.15, 0.2) is 17.2 Å². The van der Waals surface area contributed by atoms with Crippen molar-refractivity contribution in [1.29, 1.82) is 10.5 Å². The van der Waals surface area contributed by atoms with Crippen LogP contribution in [-0.2, 0) is 0 Å². The molecule has 0 amide bonds. The number of aliphatic hydroxyl groups is 1. The van der Waals surface area contributed by atoms with Crippen molar-refractivity contribution < 1.29 is 5.11 Å². The van der Waals surface area contributed by atoms with Gasteiger partial charge in [-0.1, -0.05) is 11.6 Å². The summed E-state index contributed by atoms with van der Waals surface area (Å²) < 4.78 is 1.47. The van der Waals surface area contributed by atoms with Crippen LogP contribution in [0.1, 0.15) is 67.7 Å². The fourth-order valence-corrected chi connectivity index (χ4v) is 6.11. The summed E-state index contributed by atoms with van der Waals surface area (Å²) in [6, 6.07) is 8.51. The number of halogens is 1. The summed E-state index contributed by atoms with van der Waals surface area (Å²) in [5.41, 5.74) is 8.77. The number of rotatable bonds is 6. The number of imidazole rings is 1. The van der Waals surface area contributed by atoms with Gasteiger partial charge in [-0.05, 0) is 81.6 Å². The van der Waals surface area contributed by atoms with Gasteiger partial charge in [-0.2, -0.15) is 20.0 Å². The van der Waals surface area contributed by atoms with E-state index >= 15 is 0 Å². The number of nitrogens with one attached hydrogen (secondary N) is 2. The van der Waals surface area contributed by atoms with E-state index in [1.165, 1.54) is 10.7 Å². The average molecular weight is 547 g/mol. The van der Waals surface area contributed by atoms with E-state index in [1.807, 2.05) is 6.07 Å². The van der Waals surface area contributed by atoms with E-state index in [2.05, 4.69) is 42.7 Å². The topological polar surface area (TPSA) is 164 Å². The number of benzene rings is 1. The lowest BCUT2D eigenvalue weighted by molar-refractivity contribution is 0.0374. The number of nitriles is 2. The van der Waals surface area contributed by atoms with E-state index in [4.69, 9.17) is 17.3 Å². The van der Waals surface area contributed by atoms with Crippen LogP contribution in [0.3, 0.4) is 0 Å². The molecule has 12 heteroatoms. The summed E-state index contributed by atoms with van der Waals surface area (Å²) in [6.45, 7) is 1.81. The molecule has 2 aromatic heterocycles. The Balaban J connectivity index is 1.24. The summed E-state index contributed by atoms with van der Waals surface area (Å²) in [7, 11) is 0. The van der Waals surface area contributed by atoms with Gasteiger partial charge >= 0.3 is 0 Å². The van der Waals surface area contributed by atoms with E-state index in [1.54, 1.807) is 6.07 Å². The minimum absolute atomic E-state index is 0.122. The smallest absolute Gasteiger partial charge is 0.247 e. The summed E-state index contributed by atoms with van der Waals surface area (Å²) in [5.74, 6) is 1.00. The van der Waals surface area contributed by atoms with Crippen LogP contribution in [0, 0.1) is 22.7 Å². The molecule has 2 saturated carbocycles. The van der Waals surface area contributed by atoms with E-state index in [0.717, 1.165) is 63.6 Å². The van der Waals surface area contributed by atoms with Crippen molar-refractivity contribution in [2.45, 2.75) is 75.1 Å². The van der Waals surface area contributed by atoms with Crippen molar-refractivity contribution >= 4 is 34.7 Å². The molecule has 3 heterocycles. The van der Waals surface area contributed by atoms with Gasteiger partial charge in [0.1, 0.15) is 6.07 Å². The molecule has 1 aromatic carbocycles. The standard InChI is InChI=1S/C27H31ClN10O/c28-24-20(16-5-7-37(8-6-16)18-3-4-21(31)23(39)11-18)9-15(12-29)10-22(24)34-27-35-25(33-17-1-2-17)26-32-14-19(13-30)38(26)36-27/h9-10,14,16-18,21,23,39H,1-8,11,31H2,(H2,33,34,35,36)/t18?,21-,23-/m1/s1. The molecule has 3 aliphatic rings. The summed E-state index contributed by atoms with van der Waals surface area (Å²) in [6.07, 6.45) is 7.53. The van der Waals surface area contributed by atoms with Crippen LogP contribution in [0.15, 0.2) is 18.3 Å². The van der Waals surface area contributed by atoms with E-state index < -0.39 is 6.10 Å². The average Bonchev–Trinajstić information content (AvgIpc) is 3.67. The number of nitrogens with zero attached hydrogens (tertiary/aromatic N) is 7. The first-order valence-electron chi connectivity index (χ1n) is 13.5. The van der Waals surface area contributed by atoms with Crippen LogP contribution in [0.2, 0.25) is 5.02 Å². The van der Waals surface area contributed by atoms with Gasteiger partial charge in [-0.15, -0.1) is 5.10 Å². The molecule has 3 fully saturated rings.